The molecule has 3 aromatic rings. The standard InChI is InChI=1S/C24H24F2N4O3/c1-16-14-29(15-27-16)19-5-6-20-22(31)28(9-10-30(20)23(19)32)11-12-33-21-4-2-3-17-7-8-24(25,26)13-18(17)21/h2-6,14-15H,7-13H2,1H3. The van der Waals surface area contributed by atoms with Gasteiger partial charge in [0.2, 0.25) is 0 Å². The van der Waals surface area contributed by atoms with Crippen LogP contribution in [-0.4, -0.2) is 50.5 Å². The van der Waals surface area contributed by atoms with Crippen LogP contribution in [0.25, 0.3) is 5.69 Å². The van der Waals surface area contributed by atoms with Crippen molar-refractivity contribution < 1.29 is 18.3 Å². The zero-order valence-electron chi connectivity index (χ0n) is 18.3. The molecule has 2 aromatic heterocycles. The summed E-state index contributed by atoms with van der Waals surface area (Å²) in [6.45, 7) is 3.06. The Balaban J connectivity index is 1.28. The average molecular weight is 454 g/mol. The smallest absolute Gasteiger partial charge is 0.275 e. The van der Waals surface area contributed by atoms with E-state index in [2.05, 4.69) is 4.98 Å². The predicted octanol–water partition coefficient (Wildman–Crippen LogP) is 3.00. The van der Waals surface area contributed by atoms with Crippen molar-refractivity contribution >= 4 is 5.91 Å². The lowest BCUT2D eigenvalue weighted by Crippen LogP contribution is -2.46. The monoisotopic (exact) mass is 454 g/mol. The van der Waals surface area contributed by atoms with Crippen molar-refractivity contribution in [2.75, 3.05) is 19.7 Å². The highest BCUT2D eigenvalue weighted by Crippen LogP contribution is 2.37. The van der Waals surface area contributed by atoms with E-state index in [1.807, 2.05) is 19.1 Å². The second-order valence-corrected chi connectivity index (χ2v) is 8.55. The molecule has 0 bridgehead atoms. The molecule has 0 spiro atoms. The number of pyridine rings is 1. The molecule has 1 amide bonds. The van der Waals surface area contributed by atoms with E-state index in [9.17, 15) is 18.4 Å². The van der Waals surface area contributed by atoms with E-state index in [0.29, 0.717) is 48.7 Å². The number of fused-ring (bicyclic) bond motifs is 2. The molecule has 5 rings (SSSR count). The number of alkyl halides is 2. The van der Waals surface area contributed by atoms with Crippen molar-refractivity contribution in [1.29, 1.82) is 0 Å². The largest absolute Gasteiger partial charge is 0.491 e. The van der Waals surface area contributed by atoms with E-state index in [-0.39, 0.29) is 30.9 Å². The number of amides is 1. The Morgan fingerprint density at radius 3 is 2.79 bits per heavy atom. The van der Waals surface area contributed by atoms with Gasteiger partial charge in [0.15, 0.2) is 0 Å². The Labute approximate surface area is 189 Å². The van der Waals surface area contributed by atoms with Gasteiger partial charge in [-0.15, -0.1) is 0 Å². The maximum Gasteiger partial charge on any atom is 0.275 e. The molecule has 0 atom stereocenters. The first-order chi connectivity index (χ1) is 15.8. The molecule has 0 saturated carbocycles. The fourth-order valence-corrected chi connectivity index (χ4v) is 4.53. The van der Waals surface area contributed by atoms with Gasteiger partial charge in [-0.3, -0.25) is 9.59 Å². The molecule has 0 saturated heterocycles. The van der Waals surface area contributed by atoms with E-state index in [4.69, 9.17) is 4.74 Å². The number of benzene rings is 1. The van der Waals surface area contributed by atoms with Crippen molar-refractivity contribution in [1.82, 2.24) is 19.0 Å². The molecular formula is C24H24F2N4O3. The van der Waals surface area contributed by atoms with Crippen molar-refractivity contribution in [2.45, 2.75) is 38.7 Å². The molecular weight excluding hydrogens is 430 g/mol. The van der Waals surface area contributed by atoms with Gasteiger partial charge in [-0.05, 0) is 37.1 Å². The number of nitrogens with zero attached hydrogens (tertiary/aromatic N) is 4. The van der Waals surface area contributed by atoms with Gasteiger partial charge in [-0.2, -0.15) is 0 Å². The van der Waals surface area contributed by atoms with Crippen molar-refractivity contribution in [3.63, 3.8) is 0 Å². The fourth-order valence-electron chi connectivity index (χ4n) is 4.53. The average Bonchev–Trinajstić information content (AvgIpc) is 3.21. The summed E-state index contributed by atoms with van der Waals surface area (Å²) in [6, 6.07) is 8.65. The molecule has 0 N–H and O–H groups in total. The minimum atomic E-state index is -2.72. The van der Waals surface area contributed by atoms with Gasteiger partial charge < -0.3 is 18.8 Å². The predicted molar refractivity (Wildman–Crippen MR) is 117 cm³/mol. The Kier molecular flexibility index (Phi) is 5.26. The van der Waals surface area contributed by atoms with Crippen LogP contribution in [0.15, 0.2) is 47.7 Å². The van der Waals surface area contributed by atoms with Crippen LogP contribution in [0.2, 0.25) is 0 Å². The third-order valence-corrected chi connectivity index (χ3v) is 6.29. The van der Waals surface area contributed by atoms with E-state index in [1.54, 1.807) is 40.2 Å². The van der Waals surface area contributed by atoms with Crippen LogP contribution in [0, 0.1) is 6.92 Å². The topological polar surface area (TPSA) is 69.4 Å². The molecule has 172 valence electrons. The van der Waals surface area contributed by atoms with Crippen LogP contribution in [-0.2, 0) is 19.4 Å². The fraction of sp³-hybridized carbons (Fsp3) is 0.375. The van der Waals surface area contributed by atoms with E-state index >= 15 is 0 Å². The molecule has 1 aliphatic heterocycles. The molecule has 0 unspecified atom stereocenters. The Morgan fingerprint density at radius 2 is 2.00 bits per heavy atom. The lowest BCUT2D eigenvalue weighted by molar-refractivity contribution is -0.0129. The molecule has 9 heteroatoms. The van der Waals surface area contributed by atoms with Gasteiger partial charge in [-0.1, -0.05) is 12.1 Å². The minimum absolute atomic E-state index is 0.146. The number of aryl methyl sites for hydroxylation is 2. The van der Waals surface area contributed by atoms with Crippen LogP contribution in [0.5, 0.6) is 5.75 Å². The number of carbonyl (C=O) groups excluding carboxylic acids is 1. The number of aromatic nitrogens is 3. The van der Waals surface area contributed by atoms with Crippen LogP contribution >= 0.6 is 0 Å². The molecule has 0 fully saturated rings. The first-order valence-corrected chi connectivity index (χ1v) is 11.0. The third-order valence-electron chi connectivity index (χ3n) is 6.29. The van der Waals surface area contributed by atoms with E-state index in [1.165, 1.54) is 4.57 Å². The number of carbonyl (C=O) groups is 1. The number of rotatable bonds is 5. The SMILES string of the molecule is Cc1cn(-c2ccc3n(c2=O)CCN(CCOc2cccc4c2CC(F)(F)CC4)C3=O)cn1. The summed E-state index contributed by atoms with van der Waals surface area (Å²) in [4.78, 5) is 31.7. The summed E-state index contributed by atoms with van der Waals surface area (Å²) in [5.74, 6) is -2.52. The summed E-state index contributed by atoms with van der Waals surface area (Å²) >= 11 is 0. The van der Waals surface area contributed by atoms with Crippen molar-refractivity contribution in [2.24, 2.45) is 0 Å². The lowest BCUT2D eigenvalue weighted by atomic mass is 9.88. The Bertz CT molecular complexity index is 1280. The number of hydrogen-bond donors (Lipinski definition) is 0. The highest BCUT2D eigenvalue weighted by atomic mass is 19.3. The molecule has 7 nitrogen and oxygen atoms in total. The highest BCUT2D eigenvalue weighted by molar-refractivity contribution is 5.93. The molecule has 0 radical (unpaired) electrons. The van der Waals surface area contributed by atoms with Crippen LogP contribution < -0.4 is 10.3 Å². The van der Waals surface area contributed by atoms with Gasteiger partial charge in [0.1, 0.15) is 23.7 Å². The third kappa shape index (κ3) is 4.03. The van der Waals surface area contributed by atoms with Gasteiger partial charge in [0.25, 0.3) is 17.4 Å². The summed E-state index contributed by atoms with van der Waals surface area (Å²) in [6.07, 6.45) is 3.20. The highest BCUT2D eigenvalue weighted by Gasteiger charge is 2.35. The number of hydrogen-bond acceptors (Lipinski definition) is 4. The zero-order valence-corrected chi connectivity index (χ0v) is 18.3. The molecule has 3 heterocycles. The number of ether oxygens (including phenoxy) is 1. The first-order valence-electron chi connectivity index (χ1n) is 11.0. The quantitative estimate of drug-likeness (QED) is 0.595. The summed E-state index contributed by atoms with van der Waals surface area (Å²) in [5.41, 5.74) is 2.76. The molecule has 1 aliphatic carbocycles. The maximum atomic E-state index is 13.9. The van der Waals surface area contributed by atoms with Crippen molar-refractivity contribution in [3.05, 3.63) is 75.7 Å². The first kappa shape index (κ1) is 21.4. The zero-order chi connectivity index (χ0) is 23.2. The van der Waals surface area contributed by atoms with Crippen LogP contribution in [0.4, 0.5) is 8.78 Å². The van der Waals surface area contributed by atoms with Gasteiger partial charge >= 0.3 is 0 Å². The molecule has 1 aromatic carbocycles. The van der Waals surface area contributed by atoms with Crippen LogP contribution in [0.1, 0.15) is 33.7 Å². The number of imidazole rings is 1. The van der Waals surface area contributed by atoms with Gasteiger partial charge in [0, 0.05) is 37.7 Å². The Hall–Kier alpha value is -3.49. The van der Waals surface area contributed by atoms with Crippen LogP contribution in [0.3, 0.4) is 0 Å². The normalized spacial score (nSPS) is 16.9. The van der Waals surface area contributed by atoms with Gasteiger partial charge in [0.05, 0.1) is 18.6 Å². The second kappa shape index (κ2) is 8.13. The van der Waals surface area contributed by atoms with E-state index in [0.717, 1.165) is 11.3 Å². The number of halogens is 2. The lowest BCUT2D eigenvalue weighted by Gasteiger charge is -2.30. The minimum Gasteiger partial charge on any atom is -0.491 e. The van der Waals surface area contributed by atoms with Gasteiger partial charge in [-0.25, -0.2) is 13.8 Å². The summed E-state index contributed by atoms with van der Waals surface area (Å²) in [7, 11) is 0. The summed E-state index contributed by atoms with van der Waals surface area (Å²) in [5, 5.41) is 0. The maximum absolute atomic E-state index is 13.9. The molecule has 2 aliphatic rings. The second-order valence-electron chi connectivity index (χ2n) is 8.55. The molecule has 33 heavy (non-hydrogen) atoms. The summed E-state index contributed by atoms with van der Waals surface area (Å²) < 4.78 is 36.8. The van der Waals surface area contributed by atoms with Crippen molar-refractivity contribution in [3.8, 4) is 11.4 Å². The Morgan fingerprint density at radius 1 is 1.15 bits per heavy atom. The van der Waals surface area contributed by atoms with E-state index < -0.39 is 5.92 Å².